The Kier molecular flexibility index (Phi) is 5.98. The molecule has 2 heterocycles. The largest absolute Gasteiger partial charge is 0.384 e. The number of hydrogen-bond donors (Lipinski definition) is 2. The normalized spacial score (nSPS) is 13.6. The summed E-state index contributed by atoms with van der Waals surface area (Å²) in [4.78, 5) is 4.88. The van der Waals surface area contributed by atoms with Crippen LogP contribution in [-0.2, 0) is 27.6 Å². The maximum Gasteiger partial charge on any atom is 0.162 e. The van der Waals surface area contributed by atoms with Gasteiger partial charge in [0, 0.05) is 31.3 Å². The Balaban J connectivity index is 1.76. The average molecular weight is 408 g/mol. The summed E-state index contributed by atoms with van der Waals surface area (Å²) in [5, 5.41) is 8.88. The van der Waals surface area contributed by atoms with Gasteiger partial charge in [-0.3, -0.25) is 0 Å². The highest BCUT2D eigenvalue weighted by Crippen LogP contribution is 2.29. The molecule has 7 nitrogen and oxygen atoms in total. The van der Waals surface area contributed by atoms with Crippen molar-refractivity contribution in [3.63, 3.8) is 0 Å². The molecule has 2 aromatic heterocycles. The Labute approximate surface area is 163 Å². The lowest BCUT2D eigenvalue weighted by molar-refractivity contribution is 0.217. The van der Waals surface area contributed by atoms with Gasteiger partial charge in [0.05, 0.1) is 33.2 Å². The Morgan fingerprint density at radius 2 is 2.04 bits per heavy atom. The summed E-state index contributed by atoms with van der Waals surface area (Å²) in [6.45, 7) is 3.54. The van der Waals surface area contributed by atoms with E-state index in [1.165, 1.54) is 7.11 Å². The van der Waals surface area contributed by atoms with Gasteiger partial charge in [0.25, 0.3) is 0 Å². The van der Waals surface area contributed by atoms with Gasteiger partial charge in [-0.25, -0.2) is 18.7 Å². The molecule has 0 radical (unpaired) electrons. The molecule has 9 heteroatoms. The molecule has 0 amide bonds. The number of ether oxygens (including phenoxy) is 1. The van der Waals surface area contributed by atoms with E-state index in [1.807, 2.05) is 25.1 Å². The monoisotopic (exact) mass is 407 g/mol. The fraction of sp³-hybridized carbons (Fsp3) is 0.333. The second kappa shape index (κ2) is 8.24. The van der Waals surface area contributed by atoms with E-state index in [1.54, 1.807) is 23.0 Å². The van der Waals surface area contributed by atoms with Gasteiger partial charge < -0.3 is 10.1 Å². The number of aromatic nitrogens is 3. The van der Waals surface area contributed by atoms with Crippen molar-refractivity contribution >= 4 is 38.1 Å². The van der Waals surface area contributed by atoms with Gasteiger partial charge in [-0.2, -0.15) is 5.10 Å². The summed E-state index contributed by atoms with van der Waals surface area (Å²) in [6.07, 6.45) is 1.73. The van der Waals surface area contributed by atoms with Crippen molar-refractivity contribution in [1.29, 1.82) is 4.78 Å². The van der Waals surface area contributed by atoms with Crippen molar-refractivity contribution in [2.75, 3.05) is 24.8 Å². The standard InChI is InChI=1S/C18H22ClN5O2S/c1-3-24-18-16(17(19)23-24)15(8-9-21-18)22-12-13-4-6-14(7-5-13)27(20,25)11-10-26-2/h4-9,20H,3,10-12H2,1-2H3,(H,21,22). The molecule has 144 valence electrons. The van der Waals surface area contributed by atoms with Crippen LogP contribution in [0.15, 0.2) is 41.4 Å². The molecule has 3 rings (SSSR count). The second-order valence-electron chi connectivity index (χ2n) is 6.03. The first-order chi connectivity index (χ1) is 13.0. The number of rotatable bonds is 8. The predicted octanol–water partition coefficient (Wildman–Crippen LogP) is 3.77. The fourth-order valence-corrected chi connectivity index (χ4v) is 4.25. The summed E-state index contributed by atoms with van der Waals surface area (Å²) in [5.74, 6) is 0.190. The molecule has 1 aromatic carbocycles. The number of nitrogens with zero attached hydrogens (tertiary/aromatic N) is 3. The third-order valence-electron chi connectivity index (χ3n) is 4.25. The number of hydrogen-bond acceptors (Lipinski definition) is 6. The van der Waals surface area contributed by atoms with Gasteiger partial charge >= 0.3 is 0 Å². The molecule has 0 aliphatic carbocycles. The molecule has 0 spiro atoms. The SMILES string of the molecule is CCn1nc(Cl)c2c(NCc3ccc(S(=N)(=O)CCOC)cc3)ccnc21. The molecular formula is C18H22ClN5O2S. The number of nitrogens with one attached hydrogen (secondary N) is 2. The highest BCUT2D eigenvalue weighted by molar-refractivity contribution is 7.92. The molecule has 0 fully saturated rings. The smallest absolute Gasteiger partial charge is 0.162 e. The third-order valence-corrected chi connectivity index (χ3v) is 6.29. The third kappa shape index (κ3) is 4.23. The van der Waals surface area contributed by atoms with Crippen LogP contribution in [-0.4, -0.2) is 38.4 Å². The molecular weight excluding hydrogens is 386 g/mol. The highest BCUT2D eigenvalue weighted by Gasteiger charge is 2.13. The van der Waals surface area contributed by atoms with E-state index in [4.69, 9.17) is 21.1 Å². The van der Waals surface area contributed by atoms with Gasteiger partial charge in [0.1, 0.15) is 0 Å². The van der Waals surface area contributed by atoms with E-state index in [0.717, 1.165) is 22.3 Å². The zero-order valence-corrected chi connectivity index (χ0v) is 16.8. The first kappa shape index (κ1) is 19.6. The average Bonchev–Trinajstić information content (AvgIpc) is 3.01. The van der Waals surface area contributed by atoms with E-state index >= 15 is 0 Å². The van der Waals surface area contributed by atoms with Crippen molar-refractivity contribution in [2.24, 2.45) is 0 Å². The van der Waals surface area contributed by atoms with Crippen molar-refractivity contribution < 1.29 is 8.95 Å². The molecule has 0 aliphatic rings. The quantitative estimate of drug-likeness (QED) is 0.592. The Bertz CT molecular complexity index is 1030. The molecule has 2 N–H and O–H groups in total. The van der Waals surface area contributed by atoms with Crippen molar-refractivity contribution in [1.82, 2.24) is 14.8 Å². The van der Waals surface area contributed by atoms with Gasteiger partial charge in [-0.05, 0) is 30.7 Å². The topological polar surface area (TPSA) is 92.9 Å². The minimum absolute atomic E-state index is 0.190. The second-order valence-corrected chi connectivity index (χ2v) is 8.62. The van der Waals surface area contributed by atoms with E-state index in [9.17, 15) is 4.21 Å². The minimum atomic E-state index is -2.82. The van der Waals surface area contributed by atoms with E-state index in [-0.39, 0.29) is 5.75 Å². The van der Waals surface area contributed by atoms with E-state index in [0.29, 0.717) is 29.7 Å². The van der Waals surface area contributed by atoms with Crippen LogP contribution < -0.4 is 5.32 Å². The minimum Gasteiger partial charge on any atom is -0.384 e. The summed E-state index contributed by atoms with van der Waals surface area (Å²) in [6, 6.07) is 9.10. The lowest BCUT2D eigenvalue weighted by Crippen LogP contribution is -2.10. The zero-order chi connectivity index (χ0) is 19.4. The van der Waals surface area contributed by atoms with Gasteiger partial charge in [-0.1, -0.05) is 23.7 Å². The number of aryl methyl sites for hydroxylation is 1. The summed E-state index contributed by atoms with van der Waals surface area (Å²) in [7, 11) is -1.28. The first-order valence-electron chi connectivity index (χ1n) is 8.55. The highest BCUT2D eigenvalue weighted by atomic mass is 35.5. The van der Waals surface area contributed by atoms with E-state index < -0.39 is 9.73 Å². The van der Waals surface area contributed by atoms with Crippen LogP contribution in [0.25, 0.3) is 11.0 Å². The summed E-state index contributed by atoms with van der Waals surface area (Å²) < 4.78 is 27.1. The first-order valence-corrected chi connectivity index (χ1v) is 10.7. The lowest BCUT2D eigenvalue weighted by Gasteiger charge is -2.10. The van der Waals surface area contributed by atoms with E-state index in [2.05, 4.69) is 15.4 Å². The predicted molar refractivity (Wildman–Crippen MR) is 108 cm³/mol. The van der Waals surface area contributed by atoms with Crippen LogP contribution in [0.2, 0.25) is 5.15 Å². The number of benzene rings is 1. The Morgan fingerprint density at radius 1 is 1.30 bits per heavy atom. The van der Waals surface area contributed by atoms with Crippen LogP contribution in [0.1, 0.15) is 12.5 Å². The fourth-order valence-electron chi connectivity index (χ4n) is 2.76. The molecule has 27 heavy (non-hydrogen) atoms. The maximum absolute atomic E-state index is 12.4. The summed E-state index contributed by atoms with van der Waals surface area (Å²) >= 11 is 6.28. The van der Waals surface area contributed by atoms with Gasteiger partial charge in [0.2, 0.25) is 0 Å². The maximum atomic E-state index is 12.4. The number of anilines is 1. The molecule has 0 bridgehead atoms. The van der Waals surface area contributed by atoms with Gasteiger partial charge in [0.15, 0.2) is 10.8 Å². The Morgan fingerprint density at radius 3 is 2.70 bits per heavy atom. The zero-order valence-electron chi connectivity index (χ0n) is 15.2. The molecule has 1 atom stereocenters. The van der Waals surface area contributed by atoms with Crippen LogP contribution in [0.3, 0.4) is 0 Å². The number of fused-ring (bicyclic) bond motifs is 1. The molecule has 0 aliphatic heterocycles. The molecule has 3 aromatic rings. The lowest BCUT2D eigenvalue weighted by atomic mass is 10.2. The van der Waals surface area contributed by atoms with Gasteiger partial charge in [-0.15, -0.1) is 0 Å². The van der Waals surface area contributed by atoms with Crippen LogP contribution in [0.4, 0.5) is 5.69 Å². The Hall–Kier alpha value is -2.16. The molecule has 0 saturated carbocycles. The van der Waals surface area contributed by atoms with Crippen molar-refractivity contribution in [2.45, 2.75) is 24.9 Å². The van der Waals surface area contributed by atoms with Crippen LogP contribution >= 0.6 is 11.6 Å². The van der Waals surface area contributed by atoms with Crippen molar-refractivity contribution in [3.05, 3.63) is 47.2 Å². The van der Waals surface area contributed by atoms with Crippen LogP contribution in [0, 0.1) is 4.78 Å². The molecule has 1 unspecified atom stereocenters. The number of halogens is 1. The molecule has 0 saturated heterocycles. The van der Waals surface area contributed by atoms with Crippen molar-refractivity contribution in [3.8, 4) is 0 Å². The number of pyridine rings is 1. The van der Waals surface area contributed by atoms with Crippen LogP contribution in [0.5, 0.6) is 0 Å². The number of methoxy groups -OCH3 is 1. The summed E-state index contributed by atoms with van der Waals surface area (Å²) in [5.41, 5.74) is 2.61.